The van der Waals surface area contributed by atoms with E-state index in [0.717, 1.165) is 84.9 Å². The molecule has 3 heterocycles. The predicted molar refractivity (Wildman–Crippen MR) is 125 cm³/mol. The van der Waals surface area contributed by atoms with Crippen LogP contribution in [0.25, 0.3) is 11.6 Å². The molecule has 2 aliphatic heterocycles. The number of H-pyrrole nitrogens is 1. The van der Waals surface area contributed by atoms with Crippen LogP contribution in [0, 0.1) is 13.8 Å². The highest BCUT2D eigenvalue weighted by Gasteiger charge is 2.29. The highest BCUT2D eigenvalue weighted by Crippen LogP contribution is 2.36. The summed E-state index contributed by atoms with van der Waals surface area (Å²) in [6.07, 6.45) is 3.69. The van der Waals surface area contributed by atoms with Gasteiger partial charge >= 0.3 is 0 Å². The number of nitrogens with one attached hydrogen (secondary N) is 2. The van der Waals surface area contributed by atoms with Crippen LogP contribution in [0.4, 0.5) is 5.69 Å². The smallest absolute Gasteiger partial charge is 0.256 e. The minimum absolute atomic E-state index is 0.0966. The van der Waals surface area contributed by atoms with Crippen molar-refractivity contribution < 1.29 is 9.59 Å². The van der Waals surface area contributed by atoms with Crippen LogP contribution >= 0.6 is 0 Å². The Labute approximate surface area is 184 Å². The van der Waals surface area contributed by atoms with E-state index in [9.17, 15) is 9.59 Å². The Hall–Kier alpha value is -2.86. The second kappa shape index (κ2) is 8.71. The normalized spacial score (nSPS) is 17.2. The third-order valence-corrected chi connectivity index (χ3v) is 6.63. The van der Waals surface area contributed by atoms with Gasteiger partial charge in [0.2, 0.25) is 0 Å². The Bertz CT molecular complexity index is 1050. The molecular formula is C25H32N4O2. The SMILES string of the molecule is CCN(CC)CCN1CCCc2[nH]c(C=C3C(=O)Nc4cccc(C)c43)c(C)c2C1=O. The van der Waals surface area contributed by atoms with Gasteiger partial charge in [-0.1, -0.05) is 26.0 Å². The molecule has 31 heavy (non-hydrogen) atoms. The average molecular weight is 421 g/mol. The van der Waals surface area contributed by atoms with Gasteiger partial charge in [-0.25, -0.2) is 0 Å². The van der Waals surface area contributed by atoms with Crippen molar-refractivity contribution in [2.75, 3.05) is 38.0 Å². The van der Waals surface area contributed by atoms with E-state index in [4.69, 9.17) is 0 Å². The summed E-state index contributed by atoms with van der Waals surface area (Å²) in [6, 6.07) is 5.89. The number of fused-ring (bicyclic) bond motifs is 2. The first kappa shape index (κ1) is 21.4. The third kappa shape index (κ3) is 3.92. The molecule has 0 radical (unpaired) electrons. The van der Waals surface area contributed by atoms with Crippen LogP contribution in [0.5, 0.6) is 0 Å². The minimum atomic E-state index is -0.0966. The maximum atomic E-state index is 13.4. The fraction of sp³-hybridized carbons (Fsp3) is 0.440. The quantitative estimate of drug-likeness (QED) is 0.698. The minimum Gasteiger partial charge on any atom is -0.358 e. The molecule has 6 heteroatoms. The van der Waals surface area contributed by atoms with Gasteiger partial charge in [-0.15, -0.1) is 0 Å². The molecule has 0 unspecified atom stereocenters. The molecule has 0 bridgehead atoms. The van der Waals surface area contributed by atoms with Gasteiger partial charge in [0.15, 0.2) is 0 Å². The second-order valence-corrected chi connectivity index (χ2v) is 8.45. The number of nitrogens with zero attached hydrogens (tertiary/aromatic N) is 2. The number of aromatic amines is 1. The Morgan fingerprint density at radius 1 is 1.13 bits per heavy atom. The van der Waals surface area contributed by atoms with E-state index >= 15 is 0 Å². The standard InChI is InChI=1S/C25H32N4O2/c1-5-28(6-2)13-14-29-12-8-11-20-23(25(29)31)17(4)21(26-20)15-18-22-16(3)9-7-10-19(22)27-24(18)30/h7,9-10,15,26H,5-6,8,11-14H2,1-4H3,(H,27,30). The van der Waals surface area contributed by atoms with E-state index in [1.807, 2.05) is 43.0 Å². The summed E-state index contributed by atoms with van der Waals surface area (Å²) >= 11 is 0. The Kier molecular flexibility index (Phi) is 6.01. The fourth-order valence-electron chi connectivity index (χ4n) is 4.74. The van der Waals surface area contributed by atoms with Crippen molar-refractivity contribution in [3.8, 4) is 0 Å². The van der Waals surface area contributed by atoms with Gasteiger partial charge in [-0.05, 0) is 63.0 Å². The summed E-state index contributed by atoms with van der Waals surface area (Å²) in [5.41, 5.74) is 7.06. The van der Waals surface area contributed by atoms with Gasteiger partial charge in [0, 0.05) is 42.3 Å². The molecule has 0 aliphatic carbocycles. The molecule has 0 saturated heterocycles. The van der Waals surface area contributed by atoms with Crippen molar-refractivity contribution in [1.82, 2.24) is 14.8 Å². The average Bonchev–Trinajstić information content (AvgIpc) is 3.18. The van der Waals surface area contributed by atoms with E-state index in [0.29, 0.717) is 5.57 Å². The first-order chi connectivity index (χ1) is 14.9. The van der Waals surface area contributed by atoms with Crippen molar-refractivity contribution in [1.29, 1.82) is 0 Å². The molecule has 1 aromatic carbocycles. The zero-order valence-electron chi connectivity index (χ0n) is 19.0. The van der Waals surface area contributed by atoms with E-state index < -0.39 is 0 Å². The van der Waals surface area contributed by atoms with Gasteiger partial charge in [-0.2, -0.15) is 0 Å². The molecule has 4 rings (SSSR count). The first-order valence-corrected chi connectivity index (χ1v) is 11.3. The Morgan fingerprint density at radius 2 is 1.90 bits per heavy atom. The van der Waals surface area contributed by atoms with Crippen LogP contribution in [0.1, 0.15) is 58.7 Å². The van der Waals surface area contributed by atoms with Crippen LogP contribution in [0.3, 0.4) is 0 Å². The lowest BCUT2D eigenvalue weighted by Gasteiger charge is -2.25. The highest BCUT2D eigenvalue weighted by atomic mass is 16.2. The molecule has 0 saturated carbocycles. The second-order valence-electron chi connectivity index (χ2n) is 8.45. The van der Waals surface area contributed by atoms with Crippen LogP contribution < -0.4 is 5.32 Å². The number of aromatic nitrogens is 1. The maximum Gasteiger partial charge on any atom is 0.256 e. The van der Waals surface area contributed by atoms with Gasteiger partial charge in [-0.3, -0.25) is 9.59 Å². The van der Waals surface area contributed by atoms with Crippen molar-refractivity contribution in [2.24, 2.45) is 0 Å². The van der Waals surface area contributed by atoms with Crippen molar-refractivity contribution in [2.45, 2.75) is 40.5 Å². The van der Waals surface area contributed by atoms with Crippen molar-refractivity contribution in [3.63, 3.8) is 0 Å². The lowest BCUT2D eigenvalue weighted by atomic mass is 9.99. The summed E-state index contributed by atoms with van der Waals surface area (Å²) in [7, 11) is 0. The lowest BCUT2D eigenvalue weighted by Crippen LogP contribution is -2.38. The van der Waals surface area contributed by atoms with Gasteiger partial charge in [0.1, 0.15) is 0 Å². The monoisotopic (exact) mass is 420 g/mol. The molecule has 0 spiro atoms. The maximum absolute atomic E-state index is 13.4. The molecule has 0 fully saturated rings. The molecular weight excluding hydrogens is 388 g/mol. The van der Waals surface area contributed by atoms with Gasteiger partial charge in [0.25, 0.3) is 11.8 Å². The summed E-state index contributed by atoms with van der Waals surface area (Å²) in [4.78, 5) is 33.8. The summed E-state index contributed by atoms with van der Waals surface area (Å²) in [6.45, 7) is 12.7. The number of likely N-dealkylation sites (N-methyl/N-ethyl adjacent to an activating group) is 1. The van der Waals surface area contributed by atoms with E-state index in [1.54, 1.807) is 0 Å². The molecule has 6 nitrogen and oxygen atoms in total. The van der Waals surface area contributed by atoms with Gasteiger partial charge < -0.3 is 20.1 Å². The molecule has 2 N–H and O–H groups in total. The number of hydrogen-bond donors (Lipinski definition) is 2. The Balaban J connectivity index is 1.66. The number of benzene rings is 1. The highest BCUT2D eigenvalue weighted by molar-refractivity contribution is 6.35. The number of amides is 2. The van der Waals surface area contributed by atoms with Crippen molar-refractivity contribution in [3.05, 3.63) is 51.8 Å². The van der Waals surface area contributed by atoms with Crippen LogP contribution in [0.2, 0.25) is 0 Å². The molecule has 2 aromatic rings. The topological polar surface area (TPSA) is 68.4 Å². The summed E-state index contributed by atoms with van der Waals surface area (Å²) in [5.74, 6) is 0.00572. The van der Waals surface area contributed by atoms with Crippen LogP contribution in [-0.2, 0) is 11.2 Å². The van der Waals surface area contributed by atoms with Gasteiger partial charge in [0.05, 0.1) is 11.1 Å². The van der Waals surface area contributed by atoms with Crippen molar-refractivity contribution >= 4 is 29.2 Å². The molecule has 2 amide bonds. The molecule has 164 valence electrons. The molecule has 2 aliphatic rings. The molecule has 0 atom stereocenters. The van der Waals surface area contributed by atoms with E-state index in [1.165, 1.54) is 0 Å². The third-order valence-electron chi connectivity index (χ3n) is 6.63. The number of carbonyl (C=O) groups is 2. The number of rotatable bonds is 6. The van der Waals surface area contributed by atoms with E-state index in [-0.39, 0.29) is 11.8 Å². The lowest BCUT2D eigenvalue weighted by molar-refractivity contribution is -0.110. The number of aryl methyl sites for hydroxylation is 2. The van der Waals surface area contributed by atoms with E-state index in [2.05, 4.69) is 29.0 Å². The fourth-order valence-corrected chi connectivity index (χ4v) is 4.74. The summed E-state index contributed by atoms with van der Waals surface area (Å²) < 4.78 is 0. The predicted octanol–water partition coefficient (Wildman–Crippen LogP) is 3.85. The number of hydrogen-bond acceptors (Lipinski definition) is 3. The van der Waals surface area contributed by atoms with Crippen LogP contribution in [0.15, 0.2) is 18.2 Å². The number of carbonyl (C=O) groups excluding carboxylic acids is 2. The zero-order chi connectivity index (χ0) is 22.1. The summed E-state index contributed by atoms with van der Waals surface area (Å²) in [5, 5.41) is 2.95. The zero-order valence-corrected chi connectivity index (χ0v) is 19.0. The van der Waals surface area contributed by atoms with Crippen LogP contribution in [-0.4, -0.2) is 59.3 Å². The Morgan fingerprint density at radius 3 is 2.65 bits per heavy atom. The molecule has 1 aromatic heterocycles. The first-order valence-electron chi connectivity index (χ1n) is 11.3. The largest absolute Gasteiger partial charge is 0.358 e. The number of anilines is 1.